The van der Waals surface area contributed by atoms with E-state index in [1.54, 1.807) is 0 Å². The highest BCUT2D eigenvalue weighted by Crippen LogP contribution is 2.11. The van der Waals surface area contributed by atoms with Crippen LogP contribution in [-0.4, -0.2) is 48.3 Å². The number of para-hydroxylation sites is 1. The first-order valence-electron chi connectivity index (χ1n) is 8.95. The summed E-state index contributed by atoms with van der Waals surface area (Å²) in [7, 11) is 1.93. The highest BCUT2D eigenvalue weighted by Gasteiger charge is 2.13. The summed E-state index contributed by atoms with van der Waals surface area (Å²) in [5.41, 5.74) is 2.45. The maximum Gasteiger partial charge on any atom is 0.255 e. The van der Waals surface area contributed by atoms with Crippen molar-refractivity contribution >= 4 is 17.5 Å². The van der Waals surface area contributed by atoms with Gasteiger partial charge < -0.3 is 10.2 Å². The van der Waals surface area contributed by atoms with Crippen LogP contribution in [0, 0.1) is 0 Å². The summed E-state index contributed by atoms with van der Waals surface area (Å²) in [6, 6.07) is 16.9. The Hall–Kier alpha value is -2.66. The molecule has 0 atom stereocenters. The van der Waals surface area contributed by atoms with Gasteiger partial charge in [0.15, 0.2) is 0 Å². The molecule has 0 spiro atoms. The van der Waals surface area contributed by atoms with Crippen LogP contribution >= 0.6 is 0 Å². The van der Waals surface area contributed by atoms with Gasteiger partial charge in [-0.05, 0) is 50.7 Å². The molecule has 0 heterocycles. The molecule has 5 heteroatoms. The van der Waals surface area contributed by atoms with Gasteiger partial charge in [-0.1, -0.05) is 30.3 Å². The molecule has 0 bridgehead atoms. The van der Waals surface area contributed by atoms with E-state index >= 15 is 0 Å². The van der Waals surface area contributed by atoms with Crippen molar-refractivity contribution in [1.29, 1.82) is 0 Å². The zero-order valence-corrected chi connectivity index (χ0v) is 15.7. The molecule has 2 aromatic carbocycles. The van der Waals surface area contributed by atoms with Gasteiger partial charge in [-0.2, -0.15) is 0 Å². The Labute approximate surface area is 155 Å². The molecule has 0 radical (unpaired) electrons. The highest BCUT2D eigenvalue weighted by atomic mass is 16.2. The number of rotatable bonds is 8. The fourth-order valence-electron chi connectivity index (χ4n) is 2.76. The smallest absolute Gasteiger partial charge is 0.255 e. The van der Waals surface area contributed by atoms with E-state index in [0.717, 1.165) is 24.3 Å². The van der Waals surface area contributed by atoms with Crippen LogP contribution in [-0.2, 0) is 11.3 Å². The van der Waals surface area contributed by atoms with E-state index in [0.29, 0.717) is 18.7 Å². The van der Waals surface area contributed by atoms with Crippen molar-refractivity contribution in [2.75, 3.05) is 32.0 Å². The van der Waals surface area contributed by atoms with Gasteiger partial charge in [0.2, 0.25) is 5.91 Å². The summed E-state index contributed by atoms with van der Waals surface area (Å²) in [6.45, 7) is 6.48. The van der Waals surface area contributed by atoms with Crippen LogP contribution in [0.15, 0.2) is 54.6 Å². The molecule has 0 saturated carbocycles. The molecule has 26 heavy (non-hydrogen) atoms. The van der Waals surface area contributed by atoms with Gasteiger partial charge in [-0.25, -0.2) is 0 Å². The van der Waals surface area contributed by atoms with E-state index in [9.17, 15) is 9.59 Å². The number of carbonyl (C=O) groups excluding carboxylic acids is 2. The molecule has 5 nitrogen and oxygen atoms in total. The first-order chi connectivity index (χ1) is 12.5. The molecule has 138 valence electrons. The van der Waals surface area contributed by atoms with Gasteiger partial charge in [-0.3, -0.25) is 14.5 Å². The van der Waals surface area contributed by atoms with E-state index in [2.05, 4.69) is 5.32 Å². The molecule has 0 aromatic heterocycles. The third-order valence-electron chi connectivity index (χ3n) is 4.22. The lowest BCUT2D eigenvalue weighted by Gasteiger charge is -2.23. The van der Waals surface area contributed by atoms with Crippen LogP contribution < -0.4 is 5.32 Å². The number of hydrogen-bond acceptors (Lipinski definition) is 3. The van der Waals surface area contributed by atoms with Gasteiger partial charge in [0.1, 0.15) is 0 Å². The fraction of sp³-hybridized carbons (Fsp3) is 0.333. The normalized spacial score (nSPS) is 10.6. The van der Waals surface area contributed by atoms with E-state index in [1.165, 1.54) is 0 Å². The van der Waals surface area contributed by atoms with E-state index in [-0.39, 0.29) is 11.8 Å². The van der Waals surface area contributed by atoms with Crippen LogP contribution in [0.25, 0.3) is 0 Å². The fourth-order valence-corrected chi connectivity index (χ4v) is 2.76. The highest BCUT2D eigenvalue weighted by molar-refractivity contribution is 6.04. The lowest BCUT2D eigenvalue weighted by molar-refractivity contribution is -0.131. The third-order valence-corrected chi connectivity index (χ3v) is 4.22. The Bertz CT molecular complexity index is 710. The standard InChI is InChI=1S/C21H27N3O2/c1-4-24(5-2)20(25)16-23(3)15-17-11-13-18(14-12-17)21(26)22-19-9-7-6-8-10-19/h6-14H,4-5,15-16H2,1-3H3,(H,22,26). The van der Waals surface area contributed by atoms with Crippen molar-refractivity contribution in [1.82, 2.24) is 9.80 Å². The zero-order valence-electron chi connectivity index (χ0n) is 15.7. The van der Waals surface area contributed by atoms with Crippen molar-refractivity contribution < 1.29 is 9.59 Å². The van der Waals surface area contributed by atoms with Gasteiger partial charge in [-0.15, -0.1) is 0 Å². The largest absolute Gasteiger partial charge is 0.342 e. The second-order valence-corrected chi connectivity index (χ2v) is 6.26. The summed E-state index contributed by atoms with van der Waals surface area (Å²) in [6.07, 6.45) is 0. The van der Waals surface area contributed by atoms with Crippen molar-refractivity contribution in [2.45, 2.75) is 20.4 Å². The van der Waals surface area contributed by atoms with E-state index in [4.69, 9.17) is 0 Å². The molecule has 0 aliphatic carbocycles. The summed E-state index contributed by atoms with van der Waals surface area (Å²) >= 11 is 0. The Morgan fingerprint density at radius 1 is 0.923 bits per heavy atom. The third kappa shape index (κ3) is 5.70. The van der Waals surface area contributed by atoms with Crippen molar-refractivity contribution in [2.24, 2.45) is 0 Å². The second kappa shape index (κ2) is 9.73. The maximum atomic E-state index is 12.3. The van der Waals surface area contributed by atoms with Gasteiger partial charge in [0.25, 0.3) is 5.91 Å². The molecule has 0 saturated heterocycles. The molecule has 1 N–H and O–H groups in total. The number of carbonyl (C=O) groups is 2. The minimum Gasteiger partial charge on any atom is -0.342 e. The minimum absolute atomic E-state index is 0.132. The van der Waals surface area contributed by atoms with Gasteiger partial charge in [0, 0.05) is 30.9 Å². The maximum absolute atomic E-state index is 12.3. The van der Waals surface area contributed by atoms with Crippen LogP contribution in [0.3, 0.4) is 0 Å². The summed E-state index contributed by atoms with van der Waals surface area (Å²) < 4.78 is 0. The first-order valence-corrected chi connectivity index (χ1v) is 8.95. The van der Waals surface area contributed by atoms with Crippen molar-refractivity contribution in [3.8, 4) is 0 Å². The Kier molecular flexibility index (Phi) is 7.36. The lowest BCUT2D eigenvalue weighted by atomic mass is 10.1. The number of nitrogens with one attached hydrogen (secondary N) is 1. The number of anilines is 1. The number of amides is 2. The van der Waals surface area contributed by atoms with Crippen molar-refractivity contribution in [3.05, 3.63) is 65.7 Å². The molecule has 2 rings (SSSR count). The monoisotopic (exact) mass is 353 g/mol. The zero-order chi connectivity index (χ0) is 18.9. The SMILES string of the molecule is CCN(CC)C(=O)CN(C)Cc1ccc(C(=O)Nc2ccccc2)cc1. The van der Waals surface area contributed by atoms with Crippen LogP contribution in [0.4, 0.5) is 5.69 Å². The summed E-state index contributed by atoms with van der Waals surface area (Å²) in [5.74, 6) is 0.00387. The minimum atomic E-state index is -0.132. The topological polar surface area (TPSA) is 52.7 Å². The average molecular weight is 353 g/mol. The van der Waals surface area contributed by atoms with Gasteiger partial charge in [0.05, 0.1) is 6.54 Å². The molecule has 2 amide bonds. The molecule has 2 aromatic rings. The Morgan fingerprint density at radius 2 is 1.54 bits per heavy atom. The van der Waals surface area contributed by atoms with E-state index < -0.39 is 0 Å². The van der Waals surface area contributed by atoms with Crippen LogP contribution in [0.1, 0.15) is 29.8 Å². The second-order valence-electron chi connectivity index (χ2n) is 6.26. The van der Waals surface area contributed by atoms with Crippen molar-refractivity contribution in [3.63, 3.8) is 0 Å². The quantitative estimate of drug-likeness (QED) is 0.793. The number of hydrogen-bond donors (Lipinski definition) is 1. The van der Waals surface area contributed by atoms with Crippen LogP contribution in [0.5, 0.6) is 0 Å². The molecule has 0 unspecified atom stereocenters. The van der Waals surface area contributed by atoms with Crippen LogP contribution in [0.2, 0.25) is 0 Å². The molecule has 0 fully saturated rings. The lowest BCUT2D eigenvalue weighted by Crippen LogP contribution is -2.38. The summed E-state index contributed by atoms with van der Waals surface area (Å²) in [5, 5.41) is 2.87. The predicted octanol–water partition coefficient (Wildman–Crippen LogP) is 3.24. The Morgan fingerprint density at radius 3 is 2.12 bits per heavy atom. The molecule has 0 aliphatic heterocycles. The summed E-state index contributed by atoms with van der Waals surface area (Å²) in [4.78, 5) is 28.2. The average Bonchev–Trinajstić information content (AvgIpc) is 2.64. The predicted molar refractivity (Wildman–Crippen MR) is 105 cm³/mol. The number of likely N-dealkylation sites (N-methyl/N-ethyl adjacent to an activating group) is 2. The molecule has 0 aliphatic rings. The van der Waals surface area contributed by atoms with E-state index in [1.807, 2.05) is 85.3 Å². The number of nitrogens with zero attached hydrogens (tertiary/aromatic N) is 2. The molecular formula is C21H27N3O2. The van der Waals surface area contributed by atoms with Gasteiger partial charge >= 0.3 is 0 Å². The first kappa shape index (κ1) is 19.7. The molecular weight excluding hydrogens is 326 g/mol. The Balaban J connectivity index is 1.90. The number of benzene rings is 2.